The van der Waals surface area contributed by atoms with Gasteiger partial charge in [-0.1, -0.05) is 0 Å². The Bertz CT molecular complexity index is 464. The van der Waals surface area contributed by atoms with Crippen molar-refractivity contribution in [3.63, 3.8) is 0 Å². The molecule has 0 saturated heterocycles. The molecule has 0 spiro atoms. The zero-order chi connectivity index (χ0) is 14.6. The van der Waals surface area contributed by atoms with Crippen LogP contribution in [0.1, 0.15) is 6.42 Å². The highest BCUT2D eigenvalue weighted by Gasteiger charge is 2.28. The van der Waals surface area contributed by atoms with Crippen LogP contribution < -0.4 is 5.32 Å². The molecular formula is C10H10N2O7. The average molecular weight is 270 g/mol. The Morgan fingerprint density at radius 2 is 1.68 bits per heavy atom. The lowest BCUT2D eigenvalue weighted by molar-refractivity contribution is -0.148. The molecule has 0 saturated carbocycles. The van der Waals surface area contributed by atoms with Gasteiger partial charge in [0.1, 0.15) is 12.6 Å². The van der Waals surface area contributed by atoms with Gasteiger partial charge in [-0.15, -0.1) is 0 Å². The number of carboxylic acid groups (broad SMARTS) is 2. The fourth-order valence-electron chi connectivity index (χ4n) is 1.35. The van der Waals surface area contributed by atoms with Gasteiger partial charge in [-0.05, 0) is 0 Å². The summed E-state index contributed by atoms with van der Waals surface area (Å²) in [4.78, 5) is 55.4. The molecule has 1 aliphatic heterocycles. The van der Waals surface area contributed by atoms with E-state index < -0.39 is 48.7 Å². The number of imide groups is 1. The zero-order valence-corrected chi connectivity index (χ0v) is 9.53. The summed E-state index contributed by atoms with van der Waals surface area (Å²) in [6.45, 7) is -0.659. The van der Waals surface area contributed by atoms with Gasteiger partial charge in [0.15, 0.2) is 0 Å². The molecule has 1 rings (SSSR count). The molecule has 9 heteroatoms. The number of nitrogens with one attached hydrogen (secondary N) is 1. The largest absolute Gasteiger partial charge is 0.481 e. The molecule has 0 fully saturated rings. The number of carboxylic acids is 2. The Morgan fingerprint density at radius 3 is 2.11 bits per heavy atom. The molecule has 0 aliphatic carbocycles. The Balaban J connectivity index is 2.58. The van der Waals surface area contributed by atoms with E-state index in [9.17, 15) is 24.0 Å². The summed E-state index contributed by atoms with van der Waals surface area (Å²) >= 11 is 0. The van der Waals surface area contributed by atoms with E-state index in [2.05, 4.69) is 0 Å². The van der Waals surface area contributed by atoms with Crippen molar-refractivity contribution in [3.05, 3.63) is 12.2 Å². The summed E-state index contributed by atoms with van der Waals surface area (Å²) in [5, 5.41) is 19.1. The monoisotopic (exact) mass is 270 g/mol. The van der Waals surface area contributed by atoms with Gasteiger partial charge >= 0.3 is 11.9 Å². The number of aliphatic carboxylic acids is 2. The van der Waals surface area contributed by atoms with Gasteiger partial charge in [-0.2, -0.15) is 0 Å². The Labute approximate surface area is 106 Å². The van der Waals surface area contributed by atoms with Crippen LogP contribution in [0.15, 0.2) is 12.2 Å². The lowest BCUT2D eigenvalue weighted by atomic mass is 10.2. The lowest BCUT2D eigenvalue weighted by Gasteiger charge is -2.16. The number of nitrogens with zero attached hydrogens (tertiary/aromatic N) is 1. The first kappa shape index (κ1) is 14.4. The first-order chi connectivity index (χ1) is 8.81. The highest BCUT2D eigenvalue weighted by Crippen LogP contribution is 2.03. The minimum atomic E-state index is -1.62. The third-order valence-corrected chi connectivity index (χ3v) is 2.21. The quantitative estimate of drug-likeness (QED) is 0.472. The van der Waals surface area contributed by atoms with Crippen LogP contribution in [-0.2, 0) is 24.0 Å². The van der Waals surface area contributed by atoms with Crippen molar-refractivity contribution in [3.8, 4) is 0 Å². The standard InChI is InChI=1S/C10H10N2O7/c13-6(4-12-7(14)1-2-8(12)15)11-5(10(18)19)3-9(16)17/h1-2,5H,3-4H2,(H,11,13)(H,16,17)(H,18,19). The smallest absolute Gasteiger partial charge is 0.326 e. The molecule has 1 atom stereocenters. The molecule has 102 valence electrons. The van der Waals surface area contributed by atoms with E-state index in [0.717, 1.165) is 12.2 Å². The third-order valence-electron chi connectivity index (χ3n) is 2.21. The van der Waals surface area contributed by atoms with Gasteiger partial charge in [0, 0.05) is 12.2 Å². The van der Waals surface area contributed by atoms with Crippen molar-refractivity contribution in [2.45, 2.75) is 12.5 Å². The van der Waals surface area contributed by atoms with Crippen molar-refractivity contribution in [1.29, 1.82) is 0 Å². The minimum absolute atomic E-state index is 0.606. The van der Waals surface area contributed by atoms with Crippen molar-refractivity contribution in [2.24, 2.45) is 0 Å². The van der Waals surface area contributed by atoms with Gasteiger partial charge in [-0.25, -0.2) is 4.79 Å². The number of rotatable bonds is 6. The van der Waals surface area contributed by atoms with E-state index in [1.165, 1.54) is 0 Å². The molecule has 1 heterocycles. The first-order valence-corrected chi connectivity index (χ1v) is 5.08. The van der Waals surface area contributed by atoms with Gasteiger partial charge in [0.2, 0.25) is 5.91 Å². The van der Waals surface area contributed by atoms with E-state index in [1.807, 2.05) is 5.32 Å². The maximum atomic E-state index is 11.4. The van der Waals surface area contributed by atoms with Crippen LogP contribution in [0.5, 0.6) is 0 Å². The van der Waals surface area contributed by atoms with Crippen LogP contribution in [0.4, 0.5) is 0 Å². The van der Waals surface area contributed by atoms with Gasteiger partial charge < -0.3 is 15.5 Å². The molecule has 1 unspecified atom stereocenters. The number of carbonyl (C=O) groups is 5. The molecule has 9 nitrogen and oxygen atoms in total. The van der Waals surface area contributed by atoms with Crippen LogP contribution in [0.25, 0.3) is 0 Å². The minimum Gasteiger partial charge on any atom is -0.481 e. The normalized spacial score (nSPS) is 15.5. The summed E-state index contributed by atoms with van der Waals surface area (Å²) in [6.07, 6.45) is 1.14. The van der Waals surface area contributed by atoms with Gasteiger partial charge in [0.05, 0.1) is 6.42 Å². The highest BCUT2D eigenvalue weighted by atomic mass is 16.4. The molecule has 0 radical (unpaired) electrons. The lowest BCUT2D eigenvalue weighted by Crippen LogP contribution is -2.47. The Kier molecular flexibility index (Phi) is 4.35. The topological polar surface area (TPSA) is 141 Å². The molecule has 3 amide bonds. The van der Waals surface area contributed by atoms with E-state index in [0.29, 0.717) is 4.90 Å². The Hall–Kier alpha value is -2.71. The number of hydrogen-bond donors (Lipinski definition) is 3. The van der Waals surface area contributed by atoms with Crippen molar-refractivity contribution < 1.29 is 34.2 Å². The fraction of sp³-hybridized carbons (Fsp3) is 0.300. The summed E-state index contributed by atoms with van der Waals surface area (Å²) < 4.78 is 0. The molecule has 1 aliphatic rings. The predicted octanol–water partition coefficient (Wildman–Crippen LogP) is -2.04. The highest BCUT2D eigenvalue weighted by molar-refractivity contribution is 6.14. The second-order valence-electron chi connectivity index (χ2n) is 3.65. The summed E-state index contributed by atoms with van der Waals surface area (Å²) in [5.41, 5.74) is 0. The van der Waals surface area contributed by atoms with Crippen LogP contribution in [0.2, 0.25) is 0 Å². The molecular weight excluding hydrogens is 260 g/mol. The predicted molar refractivity (Wildman–Crippen MR) is 57.7 cm³/mol. The van der Waals surface area contributed by atoms with Crippen LogP contribution >= 0.6 is 0 Å². The summed E-state index contributed by atoms with van der Waals surface area (Å²) in [7, 11) is 0. The number of amides is 3. The van der Waals surface area contributed by atoms with E-state index in [-0.39, 0.29) is 0 Å². The van der Waals surface area contributed by atoms with Crippen molar-refractivity contribution in [2.75, 3.05) is 6.54 Å². The first-order valence-electron chi connectivity index (χ1n) is 5.08. The van der Waals surface area contributed by atoms with E-state index in [1.54, 1.807) is 0 Å². The average Bonchev–Trinajstić information content (AvgIpc) is 2.59. The van der Waals surface area contributed by atoms with Crippen LogP contribution in [-0.4, -0.2) is 57.4 Å². The van der Waals surface area contributed by atoms with Crippen molar-refractivity contribution >= 4 is 29.7 Å². The van der Waals surface area contributed by atoms with Gasteiger partial charge in [-0.3, -0.25) is 24.1 Å². The molecule has 0 bridgehead atoms. The van der Waals surface area contributed by atoms with Crippen molar-refractivity contribution in [1.82, 2.24) is 10.2 Å². The molecule has 0 aromatic carbocycles. The SMILES string of the molecule is O=C(O)CC(NC(=O)CN1C(=O)C=CC1=O)C(=O)O. The summed E-state index contributed by atoms with van der Waals surface area (Å²) in [5.74, 6) is -5.23. The zero-order valence-electron chi connectivity index (χ0n) is 9.53. The Morgan fingerprint density at radius 1 is 1.16 bits per heavy atom. The molecule has 0 aromatic heterocycles. The van der Waals surface area contributed by atoms with E-state index >= 15 is 0 Å². The number of hydrogen-bond acceptors (Lipinski definition) is 5. The molecule has 19 heavy (non-hydrogen) atoms. The molecule has 3 N–H and O–H groups in total. The molecule has 0 aromatic rings. The second kappa shape index (κ2) is 5.76. The van der Waals surface area contributed by atoms with Crippen LogP contribution in [0, 0.1) is 0 Å². The van der Waals surface area contributed by atoms with Gasteiger partial charge in [0.25, 0.3) is 11.8 Å². The summed E-state index contributed by atoms with van der Waals surface area (Å²) in [6, 6.07) is -1.62. The van der Waals surface area contributed by atoms with E-state index in [4.69, 9.17) is 10.2 Å². The van der Waals surface area contributed by atoms with Crippen LogP contribution in [0.3, 0.4) is 0 Å². The third kappa shape index (κ3) is 3.91. The maximum absolute atomic E-state index is 11.4. The number of carbonyl (C=O) groups excluding carboxylic acids is 3. The second-order valence-corrected chi connectivity index (χ2v) is 3.65. The fourth-order valence-corrected chi connectivity index (χ4v) is 1.35. The maximum Gasteiger partial charge on any atom is 0.326 e.